The molecule has 0 saturated carbocycles. The first-order valence-corrected chi connectivity index (χ1v) is 6.73. The molecule has 1 aliphatic rings. The van der Waals surface area contributed by atoms with Crippen LogP contribution in [0.4, 0.5) is 11.5 Å². The first-order valence-electron chi connectivity index (χ1n) is 6.73. The number of fused-ring (bicyclic) bond motifs is 1. The Kier molecular flexibility index (Phi) is 3.14. The lowest BCUT2D eigenvalue weighted by Gasteiger charge is -2.11. The largest absolute Gasteiger partial charge is 0.399 e. The molecule has 0 spiro atoms. The molecule has 0 aliphatic heterocycles. The van der Waals surface area contributed by atoms with Crippen LogP contribution in [0.15, 0.2) is 36.5 Å². The number of aromatic nitrogens is 1. The number of aryl methyl sites for hydroxylation is 1. The van der Waals surface area contributed by atoms with E-state index in [1.807, 2.05) is 37.3 Å². The highest BCUT2D eigenvalue weighted by Crippen LogP contribution is 2.29. The second-order valence-corrected chi connectivity index (χ2v) is 5.29. The van der Waals surface area contributed by atoms with E-state index in [1.54, 1.807) is 6.20 Å². The molecule has 1 atom stereocenters. The van der Waals surface area contributed by atoms with Crippen molar-refractivity contribution in [3.63, 3.8) is 0 Å². The lowest BCUT2D eigenvalue weighted by atomic mass is 10.1. The van der Waals surface area contributed by atoms with E-state index < -0.39 is 0 Å². The van der Waals surface area contributed by atoms with Gasteiger partial charge in [0.05, 0.1) is 0 Å². The highest BCUT2D eigenvalue weighted by molar-refractivity contribution is 5.93. The van der Waals surface area contributed by atoms with E-state index in [0.29, 0.717) is 5.82 Å². The lowest BCUT2D eigenvalue weighted by molar-refractivity contribution is -0.119. The molecule has 3 rings (SSSR count). The van der Waals surface area contributed by atoms with E-state index in [0.717, 1.165) is 24.1 Å². The van der Waals surface area contributed by atoms with Crippen molar-refractivity contribution in [3.8, 4) is 0 Å². The molecular weight excluding hydrogens is 250 g/mol. The fraction of sp³-hybridized carbons (Fsp3) is 0.250. The number of rotatable bonds is 2. The van der Waals surface area contributed by atoms with Gasteiger partial charge in [0.25, 0.3) is 0 Å². The van der Waals surface area contributed by atoms with Crippen molar-refractivity contribution >= 4 is 17.4 Å². The molecule has 0 radical (unpaired) electrons. The van der Waals surface area contributed by atoms with Gasteiger partial charge in [-0.05, 0) is 54.7 Å². The zero-order valence-corrected chi connectivity index (χ0v) is 11.4. The number of hydrogen-bond donors (Lipinski definition) is 2. The van der Waals surface area contributed by atoms with Gasteiger partial charge in [0.2, 0.25) is 5.91 Å². The number of benzene rings is 1. The summed E-state index contributed by atoms with van der Waals surface area (Å²) in [4.78, 5) is 16.5. The number of nitrogens with zero attached hydrogens (tertiary/aromatic N) is 1. The Morgan fingerprint density at radius 2 is 2.10 bits per heavy atom. The monoisotopic (exact) mass is 267 g/mol. The third-order valence-corrected chi connectivity index (χ3v) is 3.78. The van der Waals surface area contributed by atoms with E-state index in [-0.39, 0.29) is 11.8 Å². The minimum atomic E-state index is -0.0341. The van der Waals surface area contributed by atoms with Gasteiger partial charge < -0.3 is 11.1 Å². The molecule has 1 amide bonds. The predicted octanol–water partition coefficient (Wildman–Crippen LogP) is 2.33. The van der Waals surface area contributed by atoms with E-state index in [2.05, 4.69) is 10.3 Å². The first-order chi connectivity index (χ1) is 9.63. The number of nitrogen functional groups attached to an aromatic ring is 1. The molecule has 0 bridgehead atoms. The molecule has 1 aromatic carbocycles. The number of hydrogen-bond acceptors (Lipinski definition) is 3. The summed E-state index contributed by atoms with van der Waals surface area (Å²) in [6.45, 7) is 1.94. The summed E-state index contributed by atoms with van der Waals surface area (Å²) in [6, 6.07) is 9.67. The van der Waals surface area contributed by atoms with Crippen molar-refractivity contribution in [3.05, 3.63) is 53.2 Å². The van der Waals surface area contributed by atoms with Gasteiger partial charge in [0.15, 0.2) is 0 Å². The summed E-state index contributed by atoms with van der Waals surface area (Å²) in [6.07, 6.45) is 3.21. The third kappa shape index (κ3) is 2.37. The van der Waals surface area contributed by atoms with Crippen LogP contribution >= 0.6 is 0 Å². The molecule has 0 saturated heterocycles. The van der Waals surface area contributed by atoms with Crippen LogP contribution in [0.25, 0.3) is 0 Å². The van der Waals surface area contributed by atoms with Crippen LogP contribution in [0, 0.1) is 12.8 Å². The maximum absolute atomic E-state index is 12.3. The lowest BCUT2D eigenvalue weighted by Crippen LogP contribution is -2.24. The van der Waals surface area contributed by atoms with Gasteiger partial charge in [0.1, 0.15) is 5.82 Å². The van der Waals surface area contributed by atoms with Crippen LogP contribution in [0.2, 0.25) is 0 Å². The zero-order chi connectivity index (χ0) is 14.1. The summed E-state index contributed by atoms with van der Waals surface area (Å²) in [5.41, 5.74) is 9.92. The Morgan fingerprint density at radius 1 is 1.30 bits per heavy atom. The van der Waals surface area contributed by atoms with Crippen LogP contribution in [-0.2, 0) is 17.6 Å². The number of pyridine rings is 1. The standard InChI is InChI=1S/C16H17N3O/c1-10-3-2-6-18-15(10)19-16(20)13-7-11-4-5-14(17)9-12(11)8-13/h2-6,9,13H,7-8,17H2,1H3,(H,18,19,20). The Hall–Kier alpha value is -2.36. The molecule has 4 heteroatoms. The van der Waals surface area contributed by atoms with E-state index in [4.69, 9.17) is 5.73 Å². The quantitative estimate of drug-likeness (QED) is 0.820. The van der Waals surface area contributed by atoms with Crippen molar-refractivity contribution in [2.45, 2.75) is 19.8 Å². The molecule has 20 heavy (non-hydrogen) atoms. The highest BCUT2D eigenvalue weighted by atomic mass is 16.1. The molecule has 2 aromatic rings. The Labute approximate surface area is 118 Å². The van der Waals surface area contributed by atoms with Crippen molar-refractivity contribution < 1.29 is 4.79 Å². The maximum atomic E-state index is 12.3. The molecule has 0 fully saturated rings. The van der Waals surface area contributed by atoms with Crippen molar-refractivity contribution in [1.82, 2.24) is 4.98 Å². The molecule has 4 nitrogen and oxygen atoms in total. The summed E-state index contributed by atoms with van der Waals surface area (Å²) in [7, 11) is 0. The van der Waals surface area contributed by atoms with E-state index in [1.165, 1.54) is 11.1 Å². The topological polar surface area (TPSA) is 68.0 Å². The number of anilines is 2. The summed E-state index contributed by atoms with van der Waals surface area (Å²) in [5.74, 6) is 0.641. The molecule has 1 aliphatic carbocycles. The normalized spacial score (nSPS) is 16.8. The van der Waals surface area contributed by atoms with Gasteiger partial charge in [-0.15, -0.1) is 0 Å². The molecule has 102 valence electrons. The van der Waals surface area contributed by atoms with Crippen LogP contribution in [-0.4, -0.2) is 10.9 Å². The fourth-order valence-corrected chi connectivity index (χ4v) is 2.66. The van der Waals surface area contributed by atoms with Gasteiger partial charge >= 0.3 is 0 Å². The minimum absolute atomic E-state index is 0.0292. The van der Waals surface area contributed by atoms with Gasteiger partial charge in [0, 0.05) is 17.8 Å². The summed E-state index contributed by atoms with van der Waals surface area (Å²) in [5, 5.41) is 2.92. The van der Waals surface area contributed by atoms with Crippen LogP contribution in [0.5, 0.6) is 0 Å². The molecule has 1 unspecified atom stereocenters. The maximum Gasteiger partial charge on any atom is 0.229 e. The van der Waals surface area contributed by atoms with E-state index in [9.17, 15) is 4.79 Å². The Bertz CT molecular complexity index is 667. The van der Waals surface area contributed by atoms with Gasteiger partial charge in [-0.1, -0.05) is 12.1 Å². The minimum Gasteiger partial charge on any atom is -0.399 e. The number of nitrogens with two attached hydrogens (primary N) is 1. The van der Waals surface area contributed by atoms with Crippen molar-refractivity contribution in [2.24, 2.45) is 5.92 Å². The van der Waals surface area contributed by atoms with Crippen LogP contribution in [0.1, 0.15) is 16.7 Å². The first kappa shape index (κ1) is 12.7. The third-order valence-electron chi connectivity index (χ3n) is 3.78. The van der Waals surface area contributed by atoms with Crippen LogP contribution in [0.3, 0.4) is 0 Å². The van der Waals surface area contributed by atoms with Crippen molar-refractivity contribution in [1.29, 1.82) is 0 Å². The number of carbonyl (C=O) groups is 1. The van der Waals surface area contributed by atoms with Crippen molar-refractivity contribution in [2.75, 3.05) is 11.1 Å². The summed E-state index contributed by atoms with van der Waals surface area (Å²) < 4.78 is 0. The number of nitrogens with one attached hydrogen (secondary N) is 1. The number of carbonyl (C=O) groups excluding carboxylic acids is 1. The predicted molar refractivity (Wildman–Crippen MR) is 79.4 cm³/mol. The average molecular weight is 267 g/mol. The average Bonchev–Trinajstić information content (AvgIpc) is 2.84. The highest BCUT2D eigenvalue weighted by Gasteiger charge is 2.27. The second-order valence-electron chi connectivity index (χ2n) is 5.29. The fourth-order valence-electron chi connectivity index (χ4n) is 2.66. The van der Waals surface area contributed by atoms with E-state index >= 15 is 0 Å². The van der Waals surface area contributed by atoms with Gasteiger partial charge in [-0.2, -0.15) is 0 Å². The smallest absolute Gasteiger partial charge is 0.229 e. The van der Waals surface area contributed by atoms with Crippen LogP contribution < -0.4 is 11.1 Å². The number of amides is 1. The molecular formula is C16H17N3O. The second kappa shape index (κ2) is 4.96. The SMILES string of the molecule is Cc1cccnc1NC(=O)C1Cc2ccc(N)cc2C1. The summed E-state index contributed by atoms with van der Waals surface area (Å²) >= 11 is 0. The van der Waals surface area contributed by atoms with Gasteiger partial charge in [-0.25, -0.2) is 4.98 Å². The molecule has 1 heterocycles. The molecule has 1 aromatic heterocycles. The molecule has 3 N–H and O–H groups in total. The Balaban J connectivity index is 1.73. The zero-order valence-electron chi connectivity index (χ0n) is 11.4. The van der Waals surface area contributed by atoms with Gasteiger partial charge in [-0.3, -0.25) is 4.79 Å². The Morgan fingerprint density at radius 3 is 2.90 bits per heavy atom.